The van der Waals surface area contributed by atoms with Gasteiger partial charge in [0, 0.05) is 36.0 Å². The average molecular weight is 517 g/mol. The number of nitrogens with zero attached hydrogens (tertiary/aromatic N) is 4. The van der Waals surface area contributed by atoms with Gasteiger partial charge >= 0.3 is 0 Å². The summed E-state index contributed by atoms with van der Waals surface area (Å²) in [7, 11) is 0. The third-order valence-corrected chi connectivity index (χ3v) is 14.6. The summed E-state index contributed by atoms with van der Waals surface area (Å²) in [5.74, 6) is 7.66. The monoisotopic (exact) mass is 516 g/mol. The Balaban J connectivity index is 1.23. The van der Waals surface area contributed by atoms with Crippen molar-refractivity contribution in [3.63, 3.8) is 0 Å². The average Bonchev–Trinajstić information content (AvgIpc) is 2.98. The van der Waals surface area contributed by atoms with E-state index in [9.17, 15) is 0 Å². The lowest BCUT2D eigenvalue weighted by atomic mass is 9.60. The summed E-state index contributed by atoms with van der Waals surface area (Å²) in [4.78, 5) is 13.0. The maximum Gasteiger partial charge on any atom is 0.147 e. The lowest BCUT2D eigenvalue weighted by Gasteiger charge is -2.75. The summed E-state index contributed by atoms with van der Waals surface area (Å²) in [6.45, 7) is 0. The van der Waals surface area contributed by atoms with Gasteiger partial charge in [-0.05, 0) is 88.9 Å². The SMILES string of the molecule is C1CC2CCCC3C2C(C1)N1C2=C4N(C5CCCC6CCCC(C65)N4C4CCCCC4N23)C2CCCCC21. The van der Waals surface area contributed by atoms with Gasteiger partial charge in [-0.2, -0.15) is 0 Å². The number of hydrogen-bond acceptors (Lipinski definition) is 4. The molecule has 10 rings (SSSR count). The van der Waals surface area contributed by atoms with Crippen molar-refractivity contribution >= 4 is 0 Å². The molecule has 10 aliphatic rings. The van der Waals surface area contributed by atoms with Gasteiger partial charge in [0.2, 0.25) is 0 Å². The molecule has 4 nitrogen and oxygen atoms in total. The van der Waals surface area contributed by atoms with Crippen LogP contribution in [0.2, 0.25) is 0 Å². The zero-order valence-corrected chi connectivity index (χ0v) is 23.9. The summed E-state index contributed by atoms with van der Waals surface area (Å²) in [5.41, 5.74) is 0. The summed E-state index contributed by atoms with van der Waals surface area (Å²) in [6.07, 6.45) is 30.0. The van der Waals surface area contributed by atoms with Gasteiger partial charge in [0.25, 0.3) is 0 Å². The lowest BCUT2D eigenvalue weighted by molar-refractivity contribution is -0.201. The van der Waals surface area contributed by atoms with Crippen LogP contribution in [0, 0.1) is 23.7 Å². The van der Waals surface area contributed by atoms with Crippen LogP contribution in [0.4, 0.5) is 0 Å². The fraction of sp³-hybridized carbons (Fsp3) is 0.941. The van der Waals surface area contributed by atoms with E-state index in [2.05, 4.69) is 19.6 Å². The topological polar surface area (TPSA) is 13.0 Å². The normalized spacial score (nSPS) is 52.4. The number of fused-ring (bicyclic) bond motifs is 10. The highest BCUT2D eigenvalue weighted by Crippen LogP contribution is 2.61. The highest BCUT2D eigenvalue weighted by molar-refractivity contribution is 5.34. The van der Waals surface area contributed by atoms with Crippen molar-refractivity contribution in [2.75, 3.05) is 0 Å². The van der Waals surface area contributed by atoms with E-state index in [1.165, 1.54) is 103 Å². The Kier molecular flexibility index (Phi) is 4.91. The lowest BCUT2D eigenvalue weighted by Crippen LogP contribution is -2.81. The van der Waals surface area contributed by atoms with Crippen molar-refractivity contribution in [3.05, 3.63) is 11.6 Å². The molecule has 4 heterocycles. The molecule has 6 saturated carbocycles. The Morgan fingerprint density at radius 1 is 0.289 bits per heavy atom. The molecule has 6 aliphatic carbocycles. The van der Waals surface area contributed by atoms with Crippen molar-refractivity contribution in [2.45, 2.75) is 177 Å². The summed E-state index contributed by atoms with van der Waals surface area (Å²) >= 11 is 0. The van der Waals surface area contributed by atoms with Crippen LogP contribution in [-0.4, -0.2) is 67.9 Å². The second kappa shape index (κ2) is 8.25. The van der Waals surface area contributed by atoms with Gasteiger partial charge < -0.3 is 19.6 Å². The fourth-order valence-electron chi connectivity index (χ4n) is 13.7. The maximum absolute atomic E-state index is 3.26. The largest absolute Gasteiger partial charge is 0.347 e. The molecule has 0 amide bonds. The van der Waals surface area contributed by atoms with Crippen LogP contribution in [0.15, 0.2) is 11.6 Å². The van der Waals surface area contributed by atoms with Gasteiger partial charge in [0.15, 0.2) is 0 Å². The Morgan fingerprint density at radius 3 is 0.842 bits per heavy atom. The van der Waals surface area contributed by atoms with Crippen LogP contribution in [0.1, 0.15) is 128 Å². The standard InChI is InChI=1S/C34H52N4/c1-2-14-24-23(13-1)35-27-17-5-9-21-10-7-19-29(31(21)27)37-25-15-3-4-16-26(25)38-30-20-8-12-22-11-6-18-28(32(22)30)36(24)34(38)33(35)37/h21-32H,1-20H2. The van der Waals surface area contributed by atoms with Crippen LogP contribution < -0.4 is 0 Å². The predicted molar refractivity (Wildman–Crippen MR) is 151 cm³/mol. The quantitative estimate of drug-likeness (QED) is 0.356. The highest BCUT2D eigenvalue weighted by Gasteiger charge is 2.65. The van der Waals surface area contributed by atoms with Gasteiger partial charge in [-0.1, -0.05) is 51.4 Å². The van der Waals surface area contributed by atoms with E-state index < -0.39 is 0 Å². The zero-order chi connectivity index (χ0) is 24.5. The summed E-state index contributed by atoms with van der Waals surface area (Å²) < 4.78 is 0. The van der Waals surface area contributed by atoms with Gasteiger partial charge in [0.05, 0.1) is 24.2 Å². The molecule has 8 unspecified atom stereocenters. The van der Waals surface area contributed by atoms with Gasteiger partial charge in [-0.3, -0.25) is 0 Å². The molecule has 0 N–H and O–H groups in total. The first-order valence-corrected chi connectivity index (χ1v) is 17.8. The summed E-state index contributed by atoms with van der Waals surface area (Å²) in [6, 6.07) is 6.65. The summed E-state index contributed by atoms with van der Waals surface area (Å²) in [5, 5.41) is 0. The van der Waals surface area contributed by atoms with E-state index in [4.69, 9.17) is 0 Å². The first-order valence-electron chi connectivity index (χ1n) is 17.8. The van der Waals surface area contributed by atoms with Crippen LogP contribution in [-0.2, 0) is 0 Å². The Bertz CT molecular complexity index is 856. The molecule has 2 saturated heterocycles. The van der Waals surface area contributed by atoms with Crippen LogP contribution in [0.3, 0.4) is 0 Å². The zero-order valence-electron chi connectivity index (χ0n) is 23.9. The van der Waals surface area contributed by atoms with E-state index in [1.54, 1.807) is 25.7 Å². The molecular weight excluding hydrogens is 464 g/mol. The molecule has 0 radical (unpaired) electrons. The van der Waals surface area contributed by atoms with Crippen molar-refractivity contribution in [2.24, 2.45) is 23.7 Å². The molecule has 8 fully saturated rings. The Labute approximate surface area is 231 Å². The predicted octanol–water partition coefficient (Wildman–Crippen LogP) is 6.67. The second-order valence-corrected chi connectivity index (χ2v) is 15.8. The van der Waals surface area contributed by atoms with Crippen LogP contribution in [0.5, 0.6) is 0 Å². The molecule has 0 aromatic heterocycles. The number of hydrogen-bond donors (Lipinski definition) is 0. The molecule has 8 atom stereocenters. The molecular formula is C34H52N4. The van der Waals surface area contributed by atoms with E-state index in [0.717, 1.165) is 72.0 Å². The minimum absolute atomic E-state index is 0.805. The fourth-order valence-corrected chi connectivity index (χ4v) is 13.7. The third kappa shape index (κ3) is 2.75. The minimum Gasteiger partial charge on any atom is -0.347 e. The third-order valence-electron chi connectivity index (χ3n) is 14.6. The van der Waals surface area contributed by atoms with Crippen molar-refractivity contribution < 1.29 is 0 Å². The maximum atomic E-state index is 3.26. The van der Waals surface area contributed by atoms with E-state index >= 15 is 0 Å². The molecule has 4 heteroatoms. The first kappa shape index (κ1) is 22.6. The van der Waals surface area contributed by atoms with Crippen LogP contribution in [0.25, 0.3) is 0 Å². The second-order valence-electron chi connectivity index (χ2n) is 15.8. The minimum atomic E-state index is 0.805. The van der Waals surface area contributed by atoms with Crippen molar-refractivity contribution in [3.8, 4) is 0 Å². The molecule has 0 spiro atoms. The van der Waals surface area contributed by atoms with Crippen LogP contribution >= 0.6 is 0 Å². The molecule has 0 bridgehead atoms. The van der Waals surface area contributed by atoms with Crippen molar-refractivity contribution in [1.82, 2.24) is 19.6 Å². The van der Waals surface area contributed by atoms with Crippen molar-refractivity contribution in [1.29, 1.82) is 0 Å². The highest BCUT2D eigenvalue weighted by atomic mass is 15.6. The molecule has 0 aromatic rings. The smallest absolute Gasteiger partial charge is 0.147 e. The van der Waals surface area contributed by atoms with E-state index in [-0.39, 0.29) is 0 Å². The van der Waals surface area contributed by atoms with E-state index in [0.29, 0.717) is 0 Å². The van der Waals surface area contributed by atoms with E-state index in [1.807, 2.05) is 11.6 Å². The van der Waals surface area contributed by atoms with Gasteiger partial charge in [0.1, 0.15) is 11.6 Å². The molecule has 208 valence electrons. The van der Waals surface area contributed by atoms with Gasteiger partial charge in [-0.25, -0.2) is 0 Å². The van der Waals surface area contributed by atoms with Gasteiger partial charge in [-0.15, -0.1) is 0 Å². The molecule has 38 heavy (non-hydrogen) atoms. The first-order chi connectivity index (χ1) is 18.9. The Morgan fingerprint density at radius 2 is 0.553 bits per heavy atom. The number of rotatable bonds is 0. The molecule has 0 aromatic carbocycles. The molecule has 4 aliphatic heterocycles. The Hall–Kier alpha value is -1.06.